The molecule has 1 aromatic rings. The number of pyridine rings is 1. The van der Waals surface area contributed by atoms with Crippen LogP contribution in [-0.4, -0.2) is 4.98 Å². The molecular weight excluding hydrogens is 296 g/mol. The Bertz CT molecular complexity index is 373. The number of aromatic nitrogens is 1. The van der Waals surface area contributed by atoms with Crippen molar-refractivity contribution in [2.75, 3.05) is 0 Å². The summed E-state index contributed by atoms with van der Waals surface area (Å²) in [5.74, 6) is -1.28. The first-order chi connectivity index (χ1) is 6.06. The van der Waals surface area contributed by atoms with E-state index < -0.39 is 17.9 Å². The summed E-state index contributed by atoms with van der Waals surface area (Å²) >= 11 is 1.65. The van der Waals surface area contributed by atoms with E-state index in [1.165, 1.54) is 6.07 Å². The molecule has 2 nitrogen and oxygen atoms in total. The lowest BCUT2D eigenvalue weighted by Crippen LogP contribution is -2.00. The van der Waals surface area contributed by atoms with Gasteiger partial charge in [-0.15, -0.1) is 0 Å². The molecule has 0 radical (unpaired) electrons. The van der Waals surface area contributed by atoms with Gasteiger partial charge in [-0.2, -0.15) is 9.65 Å². The van der Waals surface area contributed by atoms with Crippen LogP contribution in [0.5, 0.6) is 0 Å². The second-order valence-corrected chi connectivity index (χ2v) is 3.21. The van der Waals surface area contributed by atoms with Crippen LogP contribution in [0.1, 0.15) is 17.6 Å². The third kappa shape index (κ3) is 2.09. The van der Waals surface area contributed by atoms with Crippen LogP contribution in [0.15, 0.2) is 6.07 Å². The first-order valence-electron chi connectivity index (χ1n) is 3.10. The maximum Gasteiger partial charge on any atom is 0.269 e. The maximum absolute atomic E-state index is 12.8. The van der Waals surface area contributed by atoms with E-state index in [9.17, 15) is 13.2 Å². The van der Waals surface area contributed by atoms with Gasteiger partial charge in [0.25, 0.3) is 6.43 Å². The lowest BCUT2D eigenvalue weighted by atomic mass is 10.1. The Balaban J connectivity index is 3.41. The second kappa shape index (κ2) is 3.91. The fourth-order valence-corrected chi connectivity index (χ4v) is 1.32. The molecule has 0 unspecified atom stereocenters. The highest BCUT2D eigenvalue weighted by atomic mass is 127. The van der Waals surface area contributed by atoms with E-state index in [-0.39, 0.29) is 9.26 Å². The molecule has 1 aromatic heterocycles. The third-order valence-electron chi connectivity index (χ3n) is 1.32. The molecule has 0 saturated carbocycles. The van der Waals surface area contributed by atoms with Gasteiger partial charge in [-0.05, 0) is 28.7 Å². The van der Waals surface area contributed by atoms with Gasteiger partial charge in [-0.3, -0.25) is 0 Å². The zero-order valence-electron chi connectivity index (χ0n) is 6.06. The summed E-state index contributed by atoms with van der Waals surface area (Å²) in [7, 11) is 0. The summed E-state index contributed by atoms with van der Waals surface area (Å²) in [6.07, 6.45) is -3.01. The molecule has 0 spiro atoms. The lowest BCUT2D eigenvalue weighted by molar-refractivity contribution is 0.144. The summed E-state index contributed by atoms with van der Waals surface area (Å²) in [6, 6.07) is 2.61. The Morgan fingerprint density at radius 1 is 1.54 bits per heavy atom. The zero-order valence-corrected chi connectivity index (χ0v) is 8.22. The third-order valence-corrected chi connectivity index (χ3v) is 1.87. The number of hydrogen-bond donors (Lipinski definition) is 0. The van der Waals surface area contributed by atoms with Crippen LogP contribution in [-0.2, 0) is 0 Å². The van der Waals surface area contributed by atoms with Crippen molar-refractivity contribution in [3.05, 3.63) is 26.8 Å². The summed E-state index contributed by atoms with van der Waals surface area (Å²) in [5, 5.41) is 8.44. The van der Waals surface area contributed by atoms with Crippen LogP contribution < -0.4 is 0 Å². The van der Waals surface area contributed by atoms with E-state index in [0.29, 0.717) is 0 Å². The smallest absolute Gasteiger partial charge is 0.213 e. The summed E-state index contributed by atoms with van der Waals surface area (Å²) in [4.78, 5) is 3.19. The first-order valence-corrected chi connectivity index (χ1v) is 4.18. The SMILES string of the molecule is N#Cc1cc(I)nc(F)c1C(F)F. The molecule has 68 valence electrons. The van der Waals surface area contributed by atoms with Crippen LogP contribution >= 0.6 is 22.6 Å². The minimum Gasteiger partial charge on any atom is -0.213 e. The predicted molar refractivity (Wildman–Crippen MR) is 46.6 cm³/mol. The van der Waals surface area contributed by atoms with Gasteiger partial charge in [-0.1, -0.05) is 0 Å². The zero-order chi connectivity index (χ0) is 10.0. The molecule has 0 bridgehead atoms. The summed E-state index contributed by atoms with van der Waals surface area (Å²) in [5.41, 5.74) is -1.30. The molecule has 0 atom stereocenters. The van der Waals surface area contributed by atoms with Gasteiger partial charge >= 0.3 is 0 Å². The highest BCUT2D eigenvalue weighted by Gasteiger charge is 2.20. The van der Waals surface area contributed by atoms with Crippen molar-refractivity contribution in [3.8, 4) is 6.07 Å². The molecular formula is C7H2F3IN2. The number of halogens is 4. The van der Waals surface area contributed by atoms with E-state index >= 15 is 0 Å². The Morgan fingerprint density at radius 2 is 2.15 bits per heavy atom. The van der Waals surface area contributed by atoms with Gasteiger partial charge < -0.3 is 0 Å². The molecule has 0 aliphatic rings. The standard InChI is InChI=1S/C7H2F3IN2/c8-6(9)5-3(2-12)1-4(11)13-7(5)10/h1,6H. The Kier molecular flexibility index (Phi) is 3.08. The predicted octanol–water partition coefficient (Wildman–Crippen LogP) is 2.63. The summed E-state index contributed by atoms with van der Waals surface area (Å²) < 4.78 is 37.3. The highest BCUT2D eigenvalue weighted by Crippen LogP contribution is 2.25. The number of hydrogen-bond acceptors (Lipinski definition) is 2. The average molecular weight is 298 g/mol. The molecule has 13 heavy (non-hydrogen) atoms. The molecule has 1 heterocycles. The van der Waals surface area contributed by atoms with Crippen molar-refractivity contribution in [2.45, 2.75) is 6.43 Å². The molecule has 6 heteroatoms. The van der Waals surface area contributed by atoms with Gasteiger partial charge in [0.05, 0.1) is 17.2 Å². The monoisotopic (exact) mass is 298 g/mol. The van der Waals surface area contributed by atoms with Crippen molar-refractivity contribution < 1.29 is 13.2 Å². The number of rotatable bonds is 1. The van der Waals surface area contributed by atoms with Crippen molar-refractivity contribution in [1.29, 1.82) is 5.26 Å². The van der Waals surface area contributed by atoms with Gasteiger partial charge in [0.1, 0.15) is 3.70 Å². The number of nitriles is 1. The normalized spacial score (nSPS) is 10.2. The topological polar surface area (TPSA) is 36.7 Å². The van der Waals surface area contributed by atoms with Gasteiger partial charge in [0.2, 0.25) is 5.95 Å². The minimum atomic E-state index is -3.01. The molecule has 0 N–H and O–H groups in total. The largest absolute Gasteiger partial charge is 0.269 e. The summed E-state index contributed by atoms with van der Waals surface area (Å²) in [6.45, 7) is 0. The van der Waals surface area contributed by atoms with Crippen LogP contribution in [0.2, 0.25) is 0 Å². The second-order valence-electron chi connectivity index (χ2n) is 2.11. The van der Waals surface area contributed by atoms with Crippen molar-refractivity contribution >= 4 is 22.6 Å². The lowest BCUT2D eigenvalue weighted by Gasteiger charge is -2.03. The fraction of sp³-hybridized carbons (Fsp3) is 0.143. The maximum atomic E-state index is 12.8. The van der Waals surface area contributed by atoms with Crippen LogP contribution in [0.4, 0.5) is 13.2 Å². The highest BCUT2D eigenvalue weighted by molar-refractivity contribution is 14.1. The van der Waals surface area contributed by atoms with E-state index in [0.717, 1.165) is 6.07 Å². The fourth-order valence-electron chi connectivity index (χ4n) is 0.794. The molecule has 0 fully saturated rings. The van der Waals surface area contributed by atoms with E-state index in [2.05, 4.69) is 4.98 Å². The molecule has 0 saturated heterocycles. The Hall–Kier alpha value is -0.840. The average Bonchev–Trinajstić information content (AvgIpc) is 2.01. The molecule has 0 aliphatic carbocycles. The van der Waals surface area contributed by atoms with Gasteiger partial charge in [0.15, 0.2) is 0 Å². The van der Waals surface area contributed by atoms with Crippen molar-refractivity contribution in [3.63, 3.8) is 0 Å². The van der Waals surface area contributed by atoms with Crippen molar-refractivity contribution in [1.82, 2.24) is 4.98 Å². The number of alkyl halides is 2. The van der Waals surface area contributed by atoms with E-state index in [4.69, 9.17) is 5.26 Å². The molecule has 0 aliphatic heterocycles. The molecule has 0 aromatic carbocycles. The first kappa shape index (κ1) is 10.2. The van der Waals surface area contributed by atoms with Gasteiger partial charge in [-0.25, -0.2) is 13.8 Å². The molecule has 1 rings (SSSR count). The van der Waals surface area contributed by atoms with Crippen molar-refractivity contribution in [2.24, 2.45) is 0 Å². The van der Waals surface area contributed by atoms with Crippen LogP contribution in [0.3, 0.4) is 0 Å². The number of nitrogens with zero attached hydrogens (tertiary/aromatic N) is 2. The Labute approximate surface area is 85.5 Å². The van der Waals surface area contributed by atoms with Gasteiger partial charge in [0, 0.05) is 0 Å². The Morgan fingerprint density at radius 3 is 2.62 bits per heavy atom. The van der Waals surface area contributed by atoms with Crippen LogP contribution in [0.25, 0.3) is 0 Å². The quantitative estimate of drug-likeness (QED) is 0.590. The minimum absolute atomic E-state index is 0.177. The van der Waals surface area contributed by atoms with E-state index in [1.807, 2.05) is 0 Å². The van der Waals surface area contributed by atoms with E-state index in [1.54, 1.807) is 22.6 Å². The van der Waals surface area contributed by atoms with Crippen LogP contribution in [0, 0.1) is 21.0 Å². The molecule has 0 amide bonds.